The third-order valence-electron chi connectivity index (χ3n) is 4.47. The zero-order chi connectivity index (χ0) is 21.8. The largest absolute Gasteiger partial charge is 0.322 e. The van der Waals surface area contributed by atoms with Crippen molar-refractivity contribution in [2.75, 3.05) is 10.0 Å². The molecule has 1 amide bonds. The number of benzene rings is 2. The topological polar surface area (TPSA) is 119 Å². The highest BCUT2D eigenvalue weighted by atomic mass is 32.2. The van der Waals surface area contributed by atoms with E-state index in [0.29, 0.717) is 16.9 Å². The molecule has 0 saturated carbocycles. The molecule has 2 aromatic heterocycles. The van der Waals surface area contributed by atoms with Crippen molar-refractivity contribution >= 4 is 27.6 Å². The van der Waals surface area contributed by atoms with Gasteiger partial charge in [0.05, 0.1) is 28.0 Å². The molecule has 0 fully saturated rings. The summed E-state index contributed by atoms with van der Waals surface area (Å²) in [7, 11) is -3.85. The average Bonchev–Trinajstić information content (AvgIpc) is 3.16. The summed E-state index contributed by atoms with van der Waals surface area (Å²) >= 11 is 0. The Bertz CT molecular complexity index is 1300. The molecule has 0 bridgehead atoms. The molecule has 9 nitrogen and oxygen atoms in total. The Hall–Kier alpha value is -4.05. The van der Waals surface area contributed by atoms with E-state index >= 15 is 0 Å². The highest BCUT2D eigenvalue weighted by molar-refractivity contribution is 7.92. The number of sulfonamides is 1. The maximum Gasteiger partial charge on any atom is 0.264 e. The highest BCUT2D eigenvalue weighted by Gasteiger charge is 2.17. The van der Waals surface area contributed by atoms with E-state index in [9.17, 15) is 13.2 Å². The first-order valence-corrected chi connectivity index (χ1v) is 10.7. The Labute approximate surface area is 178 Å². The van der Waals surface area contributed by atoms with Gasteiger partial charge in [-0.25, -0.2) is 27.8 Å². The lowest BCUT2D eigenvalue weighted by atomic mass is 10.2. The van der Waals surface area contributed by atoms with E-state index in [4.69, 9.17) is 0 Å². The van der Waals surface area contributed by atoms with Crippen LogP contribution in [0.5, 0.6) is 0 Å². The van der Waals surface area contributed by atoms with Crippen LogP contribution in [0.3, 0.4) is 0 Å². The number of nitrogens with one attached hydrogen (secondary N) is 2. The van der Waals surface area contributed by atoms with Crippen LogP contribution in [0.25, 0.3) is 5.69 Å². The van der Waals surface area contributed by atoms with Crippen LogP contribution in [0.15, 0.2) is 84.1 Å². The van der Waals surface area contributed by atoms with E-state index in [-0.39, 0.29) is 16.8 Å². The third-order valence-corrected chi connectivity index (χ3v) is 5.81. The predicted molar refractivity (Wildman–Crippen MR) is 116 cm³/mol. The van der Waals surface area contributed by atoms with Gasteiger partial charge in [0.25, 0.3) is 15.9 Å². The average molecular weight is 434 g/mol. The predicted octanol–water partition coefficient (Wildman–Crippen LogP) is 3.02. The zero-order valence-corrected chi connectivity index (χ0v) is 17.2. The number of carbonyl (C=O) groups is 1. The summed E-state index contributed by atoms with van der Waals surface area (Å²) in [6, 6.07) is 16.9. The number of amides is 1. The van der Waals surface area contributed by atoms with Gasteiger partial charge >= 0.3 is 0 Å². The second-order valence-electron chi connectivity index (χ2n) is 6.55. The lowest BCUT2D eigenvalue weighted by Crippen LogP contribution is -2.15. The molecule has 156 valence electrons. The molecule has 31 heavy (non-hydrogen) atoms. The van der Waals surface area contributed by atoms with Crippen molar-refractivity contribution in [3.8, 4) is 5.69 Å². The number of rotatable bonds is 6. The Morgan fingerprint density at radius 3 is 2.29 bits per heavy atom. The Balaban J connectivity index is 1.48. The summed E-state index contributed by atoms with van der Waals surface area (Å²) in [5, 5.41) is 7.05. The fraction of sp³-hybridized carbons (Fsp3) is 0.0476. The Kier molecular flexibility index (Phi) is 5.46. The fourth-order valence-corrected chi connectivity index (χ4v) is 3.87. The summed E-state index contributed by atoms with van der Waals surface area (Å²) < 4.78 is 28.9. The van der Waals surface area contributed by atoms with Gasteiger partial charge in [-0.15, -0.1) is 0 Å². The molecule has 4 rings (SSSR count). The van der Waals surface area contributed by atoms with Crippen LogP contribution in [0, 0.1) is 6.92 Å². The molecule has 0 saturated heterocycles. The lowest BCUT2D eigenvalue weighted by molar-refractivity contribution is 0.102. The summed E-state index contributed by atoms with van der Waals surface area (Å²) in [5.74, 6) is -0.364. The maximum atomic E-state index is 12.7. The van der Waals surface area contributed by atoms with Crippen LogP contribution >= 0.6 is 0 Å². The normalized spacial score (nSPS) is 11.1. The minimum absolute atomic E-state index is 0.0195. The molecule has 4 aromatic rings. The molecule has 0 aliphatic carbocycles. The van der Waals surface area contributed by atoms with Gasteiger partial charge in [0, 0.05) is 18.1 Å². The Morgan fingerprint density at radius 2 is 1.61 bits per heavy atom. The Morgan fingerprint density at radius 1 is 0.935 bits per heavy atom. The second kappa shape index (κ2) is 8.36. The minimum atomic E-state index is -3.85. The smallest absolute Gasteiger partial charge is 0.264 e. The monoisotopic (exact) mass is 434 g/mol. The lowest BCUT2D eigenvalue weighted by Gasteiger charge is -2.09. The molecule has 2 aromatic carbocycles. The first-order valence-electron chi connectivity index (χ1n) is 9.25. The van der Waals surface area contributed by atoms with Crippen molar-refractivity contribution in [3.05, 3.63) is 90.5 Å². The van der Waals surface area contributed by atoms with Crippen LogP contribution in [0.1, 0.15) is 16.1 Å². The number of hydrogen-bond acceptors (Lipinski definition) is 6. The van der Waals surface area contributed by atoms with E-state index in [1.165, 1.54) is 42.9 Å². The molecule has 0 atom stereocenters. The second-order valence-corrected chi connectivity index (χ2v) is 8.23. The maximum absolute atomic E-state index is 12.7. The van der Waals surface area contributed by atoms with Crippen LogP contribution in [0.4, 0.5) is 11.6 Å². The van der Waals surface area contributed by atoms with Crippen molar-refractivity contribution in [2.24, 2.45) is 0 Å². The molecule has 0 aliphatic heterocycles. The van der Waals surface area contributed by atoms with Crippen molar-refractivity contribution in [2.45, 2.75) is 11.8 Å². The summed E-state index contributed by atoms with van der Waals surface area (Å²) in [5.41, 5.74) is 2.41. The SMILES string of the molecule is Cc1c(C(=O)Nc2ccc(S(=O)(=O)Nc3ncccn3)cc2)cnn1-c1ccccc1. The first kappa shape index (κ1) is 20.2. The number of hydrogen-bond donors (Lipinski definition) is 2. The summed E-state index contributed by atoms with van der Waals surface area (Å²) in [6.07, 6.45) is 4.37. The number of para-hydroxylation sites is 1. The van der Waals surface area contributed by atoms with Gasteiger partial charge in [0.15, 0.2) is 0 Å². The fourth-order valence-electron chi connectivity index (χ4n) is 2.91. The van der Waals surface area contributed by atoms with E-state index in [1.54, 1.807) is 10.7 Å². The van der Waals surface area contributed by atoms with Crippen LogP contribution in [0.2, 0.25) is 0 Å². The van der Waals surface area contributed by atoms with Gasteiger partial charge < -0.3 is 5.32 Å². The molecule has 0 spiro atoms. The molecule has 0 unspecified atom stereocenters. The van der Waals surface area contributed by atoms with Gasteiger partial charge in [0.1, 0.15) is 0 Å². The number of aromatic nitrogens is 4. The summed E-state index contributed by atoms with van der Waals surface area (Å²) in [4.78, 5) is 20.4. The number of carbonyl (C=O) groups excluding carboxylic acids is 1. The van der Waals surface area contributed by atoms with Gasteiger partial charge in [-0.1, -0.05) is 18.2 Å². The molecule has 2 heterocycles. The molecular weight excluding hydrogens is 416 g/mol. The van der Waals surface area contributed by atoms with E-state index in [2.05, 4.69) is 25.1 Å². The molecule has 0 radical (unpaired) electrons. The molecule has 0 aliphatic rings. The molecule has 2 N–H and O–H groups in total. The van der Waals surface area contributed by atoms with E-state index < -0.39 is 10.0 Å². The van der Waals surface area contributed by atoms with Gasteiger partial charge in [-0.05, 0) is 49.4 Å². The van der Waals surface area contributed by atoms with Gasteiger partial charge in [0.2, 0.25) is 5.95 Å². The minimum Gasteiger partial charge on any atom is -0.322 e. The van der Waals surface area contributed by atoms with Gasteiger partial charge in [-0.2, -0.15) is 5.10 Å². The first-order chi connectivity index (χ1) is 14.9. The van der Waals surface area contributed by atoms with E-state index in [1.807, 2.05) is 37.3 Å². The summed E-state index contributed by atoms with van der Waals surface area (Å²) in [6.45, 7) is 1.81. The molecular formula is C21H18N6O3S. The molecule has 10 heteroatoms. The van der Waals surface area contributed by atoms with Crippen molar-refractivity contribution in [1.82, 2.24) is 19.7 Å². The highest BCUT2D eigenvalue weighted by Crippen LogP contribution is 2.19. The van der Waals surface area contributed by atoms with Crippen LogP contribution in [-0.2, 0) is 10.0 Å². The zero-order valence-electron chi connectivity index (χ0n) is 16.4. The van der Waals surface area contributed by atoms with Crippen molar-refractivity contribution in [3.63, 3.8) is 0 Å². The number of anilines is 2. The van der Waals surface area contributed by atoms with Crippen molar-refractivity contribution in [1.29, 1.82) is 0 Å². The number of nitrogens with zero attached hydrogens (tertiary/aromatic N) is 4. The van der Waals surface area contributed by atoms with Gasteiger partial charge in [-0.3, -0.25) is 4.79 Å². The van der Waals surface area contributed by atoms with Crippen LogP contribution in [-0.4, -0.2) is 34.1 Å². The standard InChI is InChI=1S/C21H18N6O3S/c1-15-19(14-24-27(15)17-6-3-2-4-7-17)20(28)25-16-8-10-18(11-9-16)31(29,30)26-21-22-12-5-13-23-21/h2-14H,1H3,(H,25,28)(H,22,23,26). The van der Waals surface area contributed by atoms with Crippen molar-refractivity contribution < 1.29 is 13.2 Å². The van der Waals surface area contributed by atoms with E-state index in [0.717, 1.165) is 5.69 Å². The van der Waals surface area contributed by atoms with Crippen LogP contribution < -0.4 is 10.0 Å². The quantitative estimate of drug-likeness (QED) is 0.481. The third kappa shape index (κ3) is 4.43.